The van der Waals surface area contributed by atoms with Crippen LogP contribution in [0.5, 0.6) is 5.75 Å². The Balaban J connectivity index is 2.56. The Labute approximate surface area is 113 Å². The Morgan fingerprint density at radius 2 is 1.84 bits per heavy atom. The molecule has 1 radical (unpaired) electrons. The molecule has 103 valence electrons. The summed E-state index contributed by atoms with van der Waals surface area (Å²) in [5.74, 6) is -0.344. The second kappa shape index (κ2) is 7.56. The summed E-state index contributed by atoms with van der Waals surface area (Å²) in [6.07, 6.45) is 2.93. The van der Waals surface area contributed by atoms with Crippen molar-refractivity contribution in [2.75, 3.05) is 0 Å². The zero-order valence-electron chi connectivity index (χ0n) is 11.5. The van der Waals surface area contributed by atoms with Crippen molar-refractivity contribution in [3.05, 3.63) is 36.2 Å². The molecule has 0 aliphatic heterocycles. The highest BCUT2D eigenvalue weighted by molar-refractivity contribution is 5.89. The lowest BCUT2D eigenvalue weighted by molar-refractivity contribution is -0.130. The minimum atomic E-state index is -0.384. The molecule has 1 aromatic rings. The van der Waals surface area contributed by atoms with Crippen molar-refractivity contribution in [2.24, 2.45) is 0 Å². The molecule has 1 rings (SSSR count). The second-order valence-corrected chi connectivity index (χ2v) is 4.39. The maximum atomic E-state index is 11.6. The first-order valence-corrected chi connectivity index (χ1v) is 6.39. The van der Waals surface area contributed by atoms with Gasteiger partial charge in [-0.1, -0.05) is 13.3 Å². The normalized spacial score (nSPS) is 10.3. The number of carbonyl (C=O) groups excluding carboxylic acids is 2. The number of unbranched alkanes of at least 4 members (excludes halogenated alkanes) is 1. The molecule has 0 unspecified atom stereocenters. The van der Waals surface area contributed by atoms with E-state index in [9.17, 15) is 9.59 Å². The van der Waals surface area contributed by atoms with Crippen LogP contribution in [0.1, 0.15) is 44.0 Å². The van der Waals surface area contributed by atoms with Gasteiger partial charge in [-0.15, -0.1) is 0 Å². The van der Waals surface area contributed by atoms with Gasteiger partial charge in [0.1, 0.15) is 5.75 Å². The van der Waals surface area contributed by atoms with Crippen LogP contribution in [0.15, 0.2) is 24.3 Å². The fourth-order valence-electron chi connectivity index (χ4n) is 1.36. The molecule has 0 aromatic heterocycles. The van der Waals surface area contributed by atoms with Gasteiger partial charge in [0.15, 0.2) is 0 Å². The third-order valence-corrected chi connectivity index (χ3v) is 2.25. The molecule has 19 heavy (non-hydrogen) atoms. The minimum absolute atomic E-state index is 0.159. The van der Waals surface area contributed by atoms with Gasteiger partial charge in [-0.05, 0) is 44.5 Å². The molecule has 1 aromatic carbocycles. The molecule has 0 amide bonds. The molecule has 0 saturated heterocycles. The van der Waals surface area contributed by atoms with Crippen LogP contribution in [0, 0.1) is 6.42 Å². The molecule has 0 fully saturated rings. The Bertz CT molecular complexity index is 420. The molecule has 0 heterocycles. The lowest BCUT2D eigenvalue weighted by Crippen LogP contribution is -2.12. The molecule has 0 atom stereocenters. The van der Waals surface area contributed by atoms with E-state index in [-0.39, 0.29) is 18.0 Å². The van der Waals surface area contributed by atoms with E-state index in [4.69, 9.17) is 9.47 Å². The predicted octanol–water partition coefficient (Wildman–Crippen LogP) is 3.16. The average molecular weight is 263 g/mol. The van der Waals surface area contributed by atoms with Crippen LogP contribution in [0.3, 0.4) is 0 Å². The summed E-state index contributed by atoms with van der Waals surface area (Å²) >= 11 is 0. The Kier molecular flexibility index (Phi) is 6.06. The number of carbonyl (C=O) groups is 2. The van der Waals surface area contributed by atoms with Gasteiger partial charge in [-0.3, -0.25) is 4.79 Å². The third kappa shape index (κ3) is 5.55. The Hall–Kier alpha value is -1.84. The van der Waals surface area contributed by atoms with Crippen molar-refractivity contribution in [3.8, 4) is 5.75 Å². The predicted molar refractivity (Wildman–Crippen MR) is 71.8 cm³/mol. The van der Waals surface area contributed by atoms with E-state index in [1.807, 2.05) is 6.92 Å². The number of esters is 2. The van der Waals surface area contributed by atoms with Crippen LogP contribution >= 0.6 is 0 Å². The topological polar surface area (TPSA) is 52.6 Å². The van der Waals surface area contributed by atoms with Crippen molar-refractivity contribution in [3.63, 3.8) is 0 Å². The number of rotatable bonds is 6. The van der Waals surface area contributed by atoms with Crippen LogP contribution in [0.4, 0.5) is 0 Å². The van der Waals surface area contributed by atoms with E-state index in [1.165, 1.54) is 6.42 Å². The van der Waals surface area contributed by atoms with Gasteiger partial charge >= 0.3 is 11.9 Å². The summed E-state index contributed by atoms with van der Waals surface area (Å²) < 4.78 is 10.1. The summed E-state index contributed by atoms with van der Waals surface area (Å²) in [4.78, 5) is 23.0. The van der Waals surface area contributed by atoms with Crippen molar-refractivity contribution < 1.29 is 19.1 Å². The largest absolute Gasteiger partial charge is 0.459 e. The van der Waals surface area contributed by atoms with Crippen molar-refractivity contribution in [2.45, 2.75) is 39.7 Å². The Morgan fingerprint density at radius 3 is 2.37 bits per heavy atom. The summed E-state index contributed by atoms with van der Waals surface area (Å²) in [6, 6.07) is 6.31. The summed E-state index contributed by atoms with van der Waals surface area (Å²) in [7, 11) is 0. The first-order chi connectivity index (χ1) is 9.02. The van der Waals surface area contributed by atoms with Gasteiger partial charge in [-0.2, -0.15) is 0 Å². The van der Waals surface area contributed by atoms with Gasteiger partial charge in [-0.25, -0.2) is 4.79 Å². The maximum absolute atomic E-state index is 11.6. The molecule has 0 saturated carbocycles. The lowest BCUT2D eigenvalue weighted by Gasteiger charge is -2.08. The number of hydrogen-bond acceptors (Lipinski definition) is 4. The van der Waals surface area contributed by atoms with Crippen LogP contribution in [-0.4, -0.2) is 18.0 Å². The highest BCUT2D eigenvalue weighted by atomic mass is 16.5. The fourth-order valence-corrected chi connectivity index (χ4v) is 1.36. The highest BCUT2D eigenvalue weighted by Gasteiger charge is 2.10. The van der Waals surface area contributed by atoms with E-state index in [0.29, 0.717) is 17.7 Å². The molecule has 0 N–H and O–H groups in total. The van der Waals surface area contributed by atoms with Gasteiger partial charge in [0, 0.05) is 0 Å². The number of benzene rings is 1. The number of hydrogen-bond donors (Lipinski definition) is 0. The van der Waals surface area contributed by atoms with Crippen molar-refractivity contribution in [1.82, 2.24) is 0 Å². The zero-order chi connectivity index (χ0) is 14.3. The van der Waals surface area contributed by atoms with E-state index >= 15 is 0 Å². The standard InChI is InChI=1S/C15H19O4/c1-4-5-6-14(16)19-13-9-7-12(8-10-13)15(17)18-11(2)3/h6-11H,4-5H2,1-3H3. The van der Waals surface area contributed by atoms with Crippen LogP contribution in [-0.2, 0) is 9.53 Å². The summed E-state index contributed by atoms with van der Waals surface area (Å²) in [5, 5.41) is 0. The average Bonchev–Trinajstić information content (AvgIpc) is 2.36. The smallest absolute Gasteiger partial charge is 0.338 e. The SMILES string of the molecule is CCC[CH]C(=O)Oc1ccc(C(=O)OC(C)C)cc1. The van der Waals surface area contributed by atoms with Crippen molar-refractivity contribution in [1.29, 1.82) is 0 Å². The lowest BCUT2D eigenvalue weighted by atomic mass is 10.2. The quantitative estimate of drug-likeness (QED) is 0.584. The van der Waals surface area contributed by atoms with Crippen molar-refractivity contribution >= 4 is 11.9 Å². The molecule has 0 aliphatic rings. The molecule has 0 aliphatic carbocycles. The highest BCUT2D eigenvalue weighted by Crippen LogP contribution is 2.14. The molecule has 4 nitrogen and oxygen atoms in total. The van der Waals surface area contributed by atoms with E-state index in [0.717, 1.165) is 6.42 Å². The van der Waals surface area contributed by atoms with Crippen LogP contribution < -0.4 is 4.74 Å². The second-order valence-electron chi connectivity index (χ2n) is 4.39. The monoisotopic (exact) mass is 263 g/mol. The fraction of sp³-hybridized carbons (Fsp3) is 0.400. The minimum Gasteiger partial charge on any atom is -0.459 e. The third-order valence-electron chi connectivity index (χ3n) is 2.25. The van der Waals surface area contributed by atoms with E-state index < -0.39 is 0 Å². The van der Waals surface area contributed by atoms with Crippen LogP contribution in [0.25, 0.3) is 0 Å². The van der Waals surface area contributed by atoms with Gasteiger partial charge in [0.25, 0.3) is 0 Å². The Morgan fingerprint density at radius 1 is 1.21 bits per heavy atom. The van der Waals surface area contributed by atoms with Gasteiger partial charge in [0.05, 0.1) is 18.1 Å². The van der Waals surface area contributed by atoms with Gasteiger partial charge in [0.2, 0.25) is 0 Å². The zero-order valence-corrected chi connectivity index (χ0v) is 11.5. The molecular formula is C15H19O4. The van der Waals surface area contributed by atoms with Crippen LogP contribution in [0.2, 0.25) is 0 Å². The maximum Gasteiger partial charge on any atom is 0.338 e. The first-order valence-electron chi connectivity index (χ1n) is 6.39. The molecular weight excluding hydrogens is 244 g/mol. The summed E-state index contributed by atoms with van der Waals surface area (Å²) in [5.41, 5.74) is 0.436. The summed E-state index contributed by atoms with van der Waals surface area (Å²) in [6.45, 7) is 5.56. The van der Waals surface area contributed by atoms with E-state index in [1.54, 1.807) is 38.1 Å². The van der Waals surface area contributed by atoms with E-state index in [2.05, 4.69) is 0 Å². The number of ether oxygens (including phenoxy) is 2. The van der Waals surface area contributed by atoms with Gasteiger partial charge < -0.3 is 9.47 Å². The molecule has 0 spiro atoms. The first kappa shape index (κ1) is 15.2. The molecule has 0 bridgehead atoms. The molecule has 4 heteroatoms.